The molecule has 1 unspecified atom stereocenters. The van der Waals surface area contributed by atoms with Crippen LogP contribution in [0, 0.1) is 6.92 Å². The van der Waals surface area contributed by atoms with Gasteiger partial charge < -0.3 is 19.5 Å². The predicted octanol–water partition coefficient (Wildman–Crippen LogP) is 3.14. The summed E-state index contributed by atoms with van der Waals surface area (Å²) < 4.78 is 16.2. The Labute approximate surface area is 148 Å². The molecular formula is C20H25NO4. The van der Waals surface area contributed by atoms with E-state index in [4.69, 9.17) is 14.2 Å². The van der Waals surface area contributed by atoms with Crippen LogP contribution in [0.1, 0.15) is 18.1 Å². The van der Waals surface area contributed by atoms with Gasteiger partial charge in [0, 0.05) is 6.54 Å². The van der Waals surface area contributed by atoms with Crippen molar-refractivity contribution in [3.05, 3.63) is 53.6 Å². The summed E-state index contributed by atoms with van der Waals surface area (Å²) in [4.78, 5) is 12.2. The first-order valence-electron chi connectivity index (χ1n) is 8.25. The molecule has 134 valence electrons. The second-order valence-corrected chi connectivity index (χ2v) is 5.81. The van der Waals surface area contributed by atoms with Gasteiger partial charge in [-0.15, -0.1) is 0 Å². The normalized spacial score (nSPS) is 11.5. The second kappa shape index (κ2) is 8.97. The molecule has 0 aliphatic rings. The van der Waals surface area contributed by atoms with Gasteiger partial charge in [0.05, 0.1) is 14.2 Å². The highest BCUT2D eigenvalue weighted by molar-refractivity contribution is 5.80. The van der Waals surface area contributed by atoms with Crippen molar-refractivity contribution in [1.82, 2.24) is 5.32 Å². The fourth-order valence-electron chi connectivity index (χ4n) is 2.46. The van der Waals surface area contributed by atoms with E-state index in [0.717, 1.165) is 11.1 Å². The standard InChI is InChI=1S/C20H25NO4/c1-14-6-5-7-17(12-14)25-15(2)20(22)21-11-10-16-8-9-18(23-3)19(13-16)24-4/h5-9,12-13,15H,10-11H2,1-4H3,(H,21,22). The molecule has 0 aliphatic carbocycles. The Balaban J connectivity index is 1.83. The molecule has 2 aromatic carbocycles. The Kier molecular flexibility index (Phi) is 6.69. The number of benzene rings is 2. The fraction of sp³-hybridized carbons (Fsp3) is 0.350. The van der Waals surface area contributed by atoms with E-state index < -0.39 is 6.10 Å². The van der Waals surface area contributed by atoms with Crippen molar-refractivity contribution >= 4 is 5.91 Å². The third-order valence-corrected chi connectivity index (χ3v) is 3.83. The molecule has 0 saturated carbocycles. The van der Waals surface area contributed by atoms with Gasteiger partial charge in [0.2, 0.25) is 0 Å². The van der Waals surface area contributed by atoms with Gasteiger partial charge in [-0.25, -0.2) is 0 Å². The van der Waals surface area contributed by atoms with Crippen molar-refractivity contribution in [2.24, 2.45) is 0 Å². The highest BCUT2D eigenvalue weighted by Gasteiger charge is 2.14. The van der Waals surface area contributed by atoms with Crippen LogP contribution < -0.4 is 19.5 Å². The molecule has 2 aromatic rings. The van der Waals surface area contributed by atoms with Crippen LogP contribution in [-0.4, -0.2) is 32.8 Å². The number of rotatable bonds is 8. The number of amides is 1. The smallest absolute Gasteiger partial charge is 0.260 e. The SMILES string of the molecule is COc1ccc(CCNC(=O)C(C)Oc2cccc(C)c2)cc1OC. The van der Waals surface area contributed by atoms with Gasteiger partial charge in [0.1, 0.15) is 5.75 Å². The van der Waals surface area contributed by atoms with Crippen LogP contribution in [0.15, 0.2) is 42.5 Å². The van der Waals surface area contributed by atoms with Gasteiger partial charge in [-0.3, -0.25) is 4.79 Å². The van der Waals surface area contributed by atoms with Gasteiger partial charge in [-0.2, -0.15) is 0 Å². The van der Waals surface area contributed by atoms with Crippen LogP contribution in [0.4, 0.5) is 0 Å². The maximum atomic E-state index is 12.2. The van der Waals surface area contributed by atoms with E-state index in [1.807, 2.05) is 49.4 Å². The summed E-state index contributed by atoms with van der Waals surface area (Å²) in [6.45, 7) is 4.25. The Morgan fingerprint density at radius 2 is 1.84 bits per heavy atom. The maximum Gasteiger partial charge on any atom is 0.260 e. The van der Waals surface area contributed by atoms with Gasteiger partial charge in [0.15, 0.2) is 17.6 Å². The zero-order chi connectivity index (χ0) is 18.2. The Hall–Kier alpha value is -2.69. The van der Waals surface area contributed by atoms with Crippen LogP contribution in [-0.2, 0) is 11.2 Å². The van der Waals surface area contributed by atoms with Crippen molar-refractivity contribution in [2.75, 3.05) is 20.8 Å². The average Bonchev–Trinajstić information content (AvgIpc) is 2.61. The fourth-order valence-corrected chi connectivity index (χ4v) is 2.46. The van der Waals surface area contributed by atoms with Crippen molar-refractivity contribution in [3.8, 4) is 17.2 Å². The van der Waals surface area contributed by atoms with Crippen LogP contribution >= 0.6 is 0 Å². The van der Waals surface area contributed by atoms with Crippen LogP contribution in [0.3, 0.4) is 0 Å². The topological polar surface area (TPSA) is 56.8 Å². The zero-order valence-electron chi connectivity index (χ0n) is 15.2. The molecule has 0 bridgehead atoms. The molecule has 0 spiro atoms. The molecule has 0 aromatic heterocycles. The first-order chi connectivity index (χ1) is 12.0. The number of methoxy groups -OCH3 is 2. The van der Waals surface area contributed by atoms with Crippen molar-refractivity contribution in [1.29, 1.82) is 0 Å². The van der Waals surface area contributed by atoms with E-state index in [1.54, 1.807) is 21.1 Å². The molecule has 0 saturated heterocycles. The van der Waals surface area contributed by atoms with Gasteiger partial charge in [-0.1, -0.05) is 18.2 Å². The summed E-state index contributed by atoms with van der Waals surface area (Å²) in [6, 6.07) is 13.4. The molecule has 0 aliphatic heterocycles. The lowest BCUT2D eigenvalue weighted by atomic mass is 10.1. The number of aryl methyl sites for hydroxylation is 1. The third kappa shape index (κ3) is 5.41. The lowest BCUT2D eigenvalue weighted by Crippen LogP contribution is -2.37. The Morgan fingerprint density at radius 3 is 2.52 bits per heavy atom. The van der Waals surface area contributed by atoms with E-state index in [0.29, 0.717) is 30.2 Å². The number of nitrogens with one attached hydrogen (secondary N) is 1. The van der Waals surface area contributed by atoms with Crippen LogP contribution in [0.2, 0.25) is 0 Å². The molecule has 2 rings (SSSR count). The summed E-state index contributed by atoms with van der Waals surface area (Å²) in [5.74, 6) is 1.93. The van der Waals surface area contributed by atoms with Crippen LogP contribution in [0.25, 0.3) is 0 Å². The molecule has 1 amide bonds. The largest absolute Gasteiger partial charge is 0.493 e. The summed E-state index contributed by atoms with van der Waals surface area (Å²) in [7, 11) is 3.21. The Bertz CT molecular complexity index is 715. The minimum Gasteiger partial charge on any atom is -0.493 e. The number of ether oxygens (including phenoxy) is 3. The van der Waals surface area contributed by atoms with Crippen molar-refractivity contribution in [3.63, 3.8) is 0 Å². The molecule has 5 heteroatoms. The van der Waals surface area contributed by atoms with E-state index in [9.17, 15) is 4.79 Å². The van der Waals surface area contributed by atoms with Crippen LogP contribution in [0.5, 0.6) is 17.2 Å². The van der Waals surface area contributed by atoms with Gasteiger partial charge in [-0.05, 0) is 55.7 Å². The molecular weight excluding hydrogens is 318 g/mol. The molecule has 0 radical (unpaired) electrons. The predicted molar refractivity (Wildman–Crippen MR) is 97.5 cm³/mol. The lowest BCUT2D eigenvalue weighted by molar-refractivity contribution is -0.127. The summed E-state index contributed by atoms with van der Waals surface area (Å²) in [5.41, 5.74) is 2.16. The molecule has 1 N–H and O–H groups in total. The maximum absolute atomic E-state index is 12.2. The summed E-state index contributed by atoms with van der Waals surface area (Å²) in [6.07, 6.45) is 0.149. The van der Waals surface area contributed by atoms with Gasteiger partial charge in [0.25, 0.3) is 5.91 Å². The Morgan fingerprint density at radius 1 is 1.08 bits per heavy atom. The van der Waals surface area contributed by atoms with E-state index in [1.165, 1.54) is 0 Å². The average molecular weight is 343 g/mol. The third-order valence-electron chi connectivity index (χ3n) is 3.83. The first-order valence-corrected chi connectivity index (χ1v) is 8.25. The highest BCUT2D eigenvalue weighted by Crippen LogP contribution is 2.27. The molecule has 1 atom stereocenters. The number of carbonyl (C=O) groups is 1. The minimum absolute atomic E-state index is 0.137. The lowest BCUT2D eigenvalue weighted by Gasteiger charge is -2.15. The monoisotopic (exact) mass is 343 g/mol. The minimum atomic E-state index is -0.549. The number of hydrogen-bond acceptors (Lipinski definition) is 4. The van der Waals surface area contributed by atoms with E-state index in [2.05, 4.69) is 5.32 Å². The molecule has 5 nitrogen and oxygen atoms in total. The summed E-state index contributed by atoms with van der Waals surface area (Å²) >= 11 is 0. The second-order valence-electron chi connectivity index (χ2n) is 5.81. The quantitative estimate of drug-likeness (QED) is 0.800. The number of carbonyl (C=O) groups excluding carboxylic acids is 1. The van der Waals surface area contributed by atoms with Gasteiger partial charge >= 0.3 is 0 Å². The molecule has 0 fully saturated rings. The van der Waals surface area contributed by atoms with Crippen molar-refractivity contribution in [2.45, 2.75) is 26.4 Å². The zero-order valence-corrected chi connectivity index (χ0v) is 15.2. The molecule has 25 heavy (non-hydrogen) atoms. The van der Waals surface area contributed by atoms with E-state index in [-0.39, 0.29) is 5.91 Å². The molecule has 0 heterocycles. The van der Waals surface area contributed by atoms with E-state index >= 15 is 0 Å². The highest BCUT2D eigenvalue weighted by atomic mass is 16.5. The van der Waals surface area contributed by atoms with Crippen molar-refractivity contribution < 1.29 is 19.0 Å². The first kappa shape index (κ1) is 18.6. The number of hydrogen-bond donors (Lipinski definition) is 1. The summed E-state index contributed by atoms with van der Waals surface area (Å²) in [5, 5.41) is 2.90.